The fourth-order valence-corrected chi connectivity index (χ4v) is 3.74. The molecule has 0 N–H and O–H groups in total. The van der Waals surface area contributed by atoms with Crippen molar-refractivity contribution in [2.45, 2.75) is 0 Å². The van der Waals surface area contributed by atoms with Crippen LogP contribution in [0.3, 0.4) is 0 Å². The molecule has 0 aliphatic carbocycles. The first-order valence-corrected chi connectivity index (χ1v) is 9.46. The van der Waals surface area contributed by atoms with E-state index >= 15 is 0 Å². The van der Waals surface area contributed by atoms with Crippen LogP contribution in [-0.4, -0.2) is 15.5 Å². The molecule has 0 saturated heterocycles. The molecule has 5 rings (SSSR count). The third kappa shape index (κ3) is 2.98. The topological polar surface area (TPSA) is 34.9 Å². The Kier molecular flexibility index (Phi) is 4.14. The van der Waals surface area contributed by atoms with Crippen molar-refractivity contribution in [1.82, 2.24) is 9.55 Å². The third-order valence-corrected chi connectivity index (χ3v) is 5.18. The number of aromatic nitrogens is 2. The van der Waals surface area contributed by atoms with Crippen molar-refractivity contribution in [1.29, 1.82) is 0 Å². The van der Waals surface area contributed by atoms with E-state index in [2.05, 4.69) is 0 Å². The van der Waals surface area contributed by atoms with Crippen LogP contribution in [0.5, 0.6) is 0 Å². The maximum Gasteiger partial charge on any atom is 0.264 e. The average molecular weight is 401 g/mol. The summed E-state index contributed by atoms with van der Waals surface area (Å²) in [5.74, 6) is -0.166. The van der Waals surface area contributed by atoms with Crippen LogP contribution in [0.2, 0.25) is 5.02 Å². The van der Waals surface area contributed by atoms with Crippen LogP contribution in [-0.2, 0) is 0 Å². The number of benzene rings is 4. The summed E-state index contributed by atoms with van der Waals surface area (Å²) < 4.78 is 14.9. The van der Waals surface area contributed by atoms with Crippen molar-refractivity contribution in [3.05, 3.63) is 101 Å². The second-order valence-electron chi connectivity index (χ2n) is 6.74. The van der Waals surface area contributed by atoms with Crippen LogP contribution in [0.25, 0.3) is 33.2 Å². The average Bonchev–Trinajstić information content (AvgIpc) is 3.11. The molecule has 0 fully saturated rings. The molecular weight excluding hydrogens is 387 g/mol. The zero-order valence-electron chi connectivity index (χ0n) is 15.1. The molecule has 3 nitrogen and oxygen atoms in total. The molecule has 5 aromatic rings. The fourth-order valence-electron chi connectivity index (χ4n) is 3.58. The molecule has 0 saturated carbocycles. The molecule has 0 aliphatic heterocycles. The van der Waals surface area contributed by atoms with E-state index in [0.717, 1.165) is 16.3 Å². The van der Waals surface area contributed by atoms with Gasteiger partial charge in [0.2, 0.25) is 0 Å². The van der Waals surface area contributed by atoms with Crippen LogP contribution < -0.4 is 0 Å². The third-order valence-electron chi connectivity index (χ3n) is 4.94. The smallest absolute Gasteiger partial charge is 0.264 e. The minimum absolute atomic E-state index is 0.294. The van der Waals surface area contributed by atoms with Crippen molar-refractivity contribution < 1.29 is 9.18 Å². The van der Waals surface area contributed by atoms with Gasteiger partial charge in [0.05, 0.1) is 11.0 Å². The molecule has 1 aromatic heterocycles. The van der Waals surface area contributed by atoms with Crippen LogP contribution in [0.4, 0.5) is 4.39 Å². The summed E-state index contributed by atoms with van der Waals surface area (Å²) in [6.45, 7) is 0. The van der Waals surface area contributed by atoms with Crippen LogP contribution in [0, 0.1) is 5.82 Å². The van der Waals surface area contributed by atoms with E-state index in [1.165, 1.54) is 24.3 Å². The van der Waals surface area contributed by atoms with E-state index in [9.17, 15) is 9.18 Å². The van der Waals surface area contributed by atoms with Crippen LogP contribution >= 0.6 is 11.6 Å². The van der Waals surface area contributed by atoms with Gasteiger partial charge < -0.3 is 0 Å². The van der Waals surface area contributed by atoms with Gasteiger partial charge in [-0.25, -0.2) is 9.37 Å². The maximum absolute atomic E-state index is 13.4. The fraction of sp³-hybridized carbons (Fsp3) is 0. The minimum Gasteiger partial charge on any atom is -0.268 e. The summed E-state index contributed by atoms with van der Waals surface area (Å²) in [6.07, 6.45) is 0. The second-order valence-corrected chi connectivity index (χ2v) is 7.18. The maximum atomic E-state index is 13.4. The standard InChI is InChI=1S/C24H14ClFN2O/c25-17-10-13-21-22(14-17)28(24(29)16-8-11-18(26)12-9-16)23(27-21)20-7-3-5-15-4-1-2-6-19(15)20/h1-14H. The van der Waals surface area contributed by atoms with Crippen molar-refractivity contribution in [2.24, 2.45) is 0 Å². The number of hydrogen-bond acceptors (Lipinski definition) is 2. The molecule has 0 spiro atoms. The Balaban J connectivity index is 1.83. The van der Waals surface area contributed by atoms with E-state index in [1.807, 2.05) is 42.5 Å². The summed E-state index contributed by atoms with van der Waals surface area (Å²) >= 11 is 6.21. The lowest BCUT2D eigenvalue weighted by Crippen LogP contribution is -2.13. The van der Waals surface area contributed by atoms with Gasteiger partial charge in [0.25, 0.3) is 5.91 Å². The summed E-state index contributed by atoms with van der Waals surface area (Å²) in [4.78, 5) is 18.2. The predicted octanol–water partition coefficient (Wildman–Crippen LogP) is 6.34. The van der Waals surface area contributed by atoms with E-state index < -0.39 is 5.82 Å². The number of hydrogen-bond donors (Lipinski definition) is 0. The summed E-state index contributed by atoms with van der Waals surface area (Å²) in [5, 5.41) is 2.55. The van der Waals surface area contributed by atoms with Gasteiger partial charge in [-0.15, -0.1) is 0 Å². The quantitative estimate of drug-likeness (QED) is 0.346. The first-order valence-electron chi connectivity index (χ1n) is 9.08. The zero-order valence-corrected chi connectivity index (χ0v) is 15.9. The Morgan fingerprint density at radius 1 is 0.897 bits per heavy atom. The van der Waals surface area contributed by atoms with Gasteiger partial charge in [0.15, 0.2) is 0 Å². The molecule has 29 heavy (non-hydrogen) atoms. The van der Waals surface area contributed by atoms with Gasteiger partial charge in [-0.3, -0.25) is 9.36 Å². The highest BCUT2D eigenvalue weighted by atomic mass is 35.5. The molecule has 0 atom stereocenters. The highest BCUT2D eigenvalue weighted by Crippen LogP contribution is 2.32. The molecule has 0 bridgehead atoms. The minimum atomic E-state index is -0.394. The zero-order chi connectivity index (χ0) is 20.0. The van der Waals surface area contributed by atoms with E-state index in [-0.39, 0.29) is 5.91 Å². The first-order chi connectivity index (χ1) is 14.1. The van der Waals surface area contributed by atoms with Crippen molar-refractivity contribution in [3.63, 3.8) is 0 Å². The number of carbonyl (C=O) groups excluding carboxylic acids is 1. The van der Waals surface area contributed by atoms with Gasteiger partial charge in [0.1, 0.15) is 11.6 Å². The Labute approximate surface area is 171 Å². The highest BCUT2D eigenvalue weighted by molar-refractivity contribution is 6.31. The molecule has 0 amide bonds. The molecule has 0 unspecified atom stereocenters. The van der Waals surface area contributed by atoms with E-state index in [0.29, 0.717) is 27.4 Å². The molecule has 5 heteroatoms. The summed E-state index contributed by atoms with van der Waals surface area (Å²) in [6, 6.07) is 24.6. The van der Waals surface area contributed by atoms with Crippen LogP contribution in [0.1, 0.15) is 10.4 Å². The number of nitrogens with zero attached hydrogens (tertiary/aromatic N) is 2. The lowest BCUT2D eigenvalue weighted by atomic mass is 10.0. The highest BCUT2D eigenvalue weighted by Gasteiger charge is 2.21. The molecule has 140 valence electrons. The lowest BCUT2D eigenvalue weighted by molar-refractivity contribution is 0.0966. The Hall–Kier alpha value is -3.50. The second kappa shape index (κ2) is 6.83. The van der Waals surface area contributed by atoms with Crippen molar-refractivity contribution in [3.8, 4) is 11.4 Å². The van der Waals surface area contributed by atoms with Crippen molar-refractivity contribution in [2.75, 3.05) is 0 Å². The number of fused-ring (bicyclic) bond motifs is 2. The van der Waals surface area contributed by atoms with Gasteiger partial charge in [-0.2, -0.15) is 0 Å². The number of halogens is 2. The van der Waals surface area contributed by atoms with E-state index in [1.54, 1.807) is 22.8 Å². The van der Waals surface area contributed by atoms with Gasteiger partial charge in [-0.1, -0.05) is 54.1 Å². The predicted molar refractivity (Wildman–Crippen MR) is 114 cm³/mol. The number of rotatable bonds is 2. The largest absolute Gasteiger partial charge is 0.268 e. The van der Waals surface area contributed by atoms with E-state index in [4.69, 9.17) is 16.6 Å². The summed E-state index contributed by atoms with van der Waals surface area (Å²) in [5.41, 5.74) is 2.47. The van der Waals surface area contributed by atoms with Gasteiger partial charge in [-0.05, 0) is 53.2 Å². The van der Waals surface area contributed by atoms with Crippen LogP contribution in [0.15, 0.2) is 84.9 Å². The molecule has 0 aliphatic rings. The van der Waals surface area contributed by atoms with Gasteiger partial charge in [0, 0.05) is 16.1 Å². The first kappa shape index (κ1) is 17.6. The number of imidazole rings is 1. The number of carbonyl (C=O) groups is 1. The van der Waals surface area contributed by atoms with Crippen molar-refractivity contribution >= 4 is 39.3 Å². The Bertz CT molecular complexity index is 1380. The molecular formula is C24H14ClFN2O. The molecule has 0 radical (unpaired) electrons. The molecule has 4 aromatic carbocycles. The summed E-state index contributed by atoms with van der Waals surface area (Å²) in [7, 11) is 0. The lowest BCUT2D eigenvalue weighted by Gasteiger charge is -2.10. The normalized spacial score (nSPS) is 11.2. The Morgan fingerprint density at radius 3 is 2.48 bits per heavy atom. The monoisotopic (exact) mass is 400 g/mol. The Morgan fingerprint density at radius 2 is 1.66 bits per heavy atom. The molecule has 1 heterocycles. The van der Waals surface area contributed by atoms with Gasteiger partial charge >= 0.3 is 0 Å². The SMILES string of the molecule is O=C(c1ccc(F)cc1)n1c(-c2cccc3ccccc23)nc2ccc(Cl)cc21.